The number of hydrogen-bond donors (Lipinski definition) is 2. The molecule has 1 unspecified atom stereocenters. The number of carbonyl (C=O) groups excluding carboxylic acids is 1. The molecule has 0 saturated carbocycles. The predicted molar refractivity (Wildman–Crippen MR) is 79.5 cm³/mol. The maximum atomic E-state index is 12.5. The maximum absolute atomic E-state index is 12.5. The van der Waals surface area contributed by atoms with Crippen molar-refractivity contribution in [1.82, 2.24) is 35.4 Å². The number of hydrogen-bond acceptors (Lipinski definition) is 6. The summed E-state index contributed by atoms with van der Waals surface area (Å²) in [6.45, 7) is 6.17. The second-order valence-electron chi connectivity index (χ2n) is 6.34. The van der Waals surface area contributed by atoms with Gasteiger partial charge in [-0.1, -0.05) is 0 Å². The molecule has 1 aromatic rings. The summed E-state index contributed by atoms with van der Waals surface area (Å²) in [5, 5.41) is 8.67. The molecule has 4 heterocycles. The maximum Gasteiger partial charge on any atom is 0.241 e. The average Bonchev–Trinajstić information content (AvgIpc) is 3.29. The van der Waals surface area contributed by atoms with Crippen molar-refractivity contribution in [2.45, 2.75) is 44.9 Å². The van der Waals surface area contributed by atoms with E-state index >= 15 is 0 Å². The molecular formula is C14H23N7O. The number of nitrogens with one attached hydrogen (secondary N) is 2. The van der Waals surface area contributed by atoms with E-state index in [9.17, 15) is 4.79 Å². The monoisotopic (exact) mass is 305 g/mol. The minimum atomic E-state index is -0.0986. The Kier molecular flexibility index (Phi) is 3.81. The third kappa shape index (κ3) is 2.62. The summed E-state index contributed by atoms with van der Waals surface area (Å²) in [5.74, 6) is 2.13. The van der Waals surface area contributed by atoms with Crippen LogP contribution in [0.3, 0.4) is 0 Å². The number of carbonyl (C=O) groups is 1. The number of hydrazine groups is 1. The lowest BCUT2D eigenvalue weighted by atomic mass is 10.2. The Morgan fingerprint density at radius 1 is 1.18 bits per heavy atom. The number of nitrogens with zero attached hydrogens (tertiary/aromatic N) is 5. The second kappa shape index (κ2) is 5.94. The van der Waals surface area contributed by atoms with Crippen molar-refractivity contribution in [1.29, 1.82) is 0 Å². The largest absolute Gasteiger partial charge is 0.332 e. The smallest absolute Gasteiger partial charge is 0.241 e. The van der Waals surface area contributed by atoms with Gasteiger partial charge in [0.2, 0.25) is 5.91 Å². The van der Waals surface area contributed by atoms with E-state index < -0.39 is 0 Å². The van der Waals surface area contributed by atoms with Gasteiger partial charge in [-0.3, -0.25) is 15.1 Å². The molecule has 2 fully saturated rings. The lowest BCUT2D eigenvalue weighted by Gasteiger charge is -2.30. The molecule has 1 aromatic heterocycles. The molecule has 8 heteroatoms. The van der Waals surface area contributed by atoms with Crippen LogP contribution < -0.4 is 10.9 Å². The van der Waals surface area contributed by atoms with Gasteiger partial charge in [0.15, 0.2) is 5.82 Å². The first-order valence-electron chi connectivity index (χ1n) is 8.22. The molecule has 120 valence electrons. The van der Waals surface area contributed by atoms with Gasteiger partial charge in [-0.15, -0.1) is 10.2 Å². The molecule has 3 aliphatic heterocycles. The minimum absolute atomic E-state index is 0.0986. The number of aromatic nitrogens is 3. The van der Waals surface area contributed by atoms with Crippen molar-refractivity contribution in [2.75, 3.05) is 26.2 Å². The molecule has 4 rings (SSSR count). The third-order valence-electron chi connectivity index (χ3n) is 4.84. The Hall–Kier alpha value is -1.51. The Morgan fingerprint density at radius 2 is 2.05 bits per heavy atom. The fourth-order valence-corrected chi connectivity index (χ4v) is 3.55. The van der Waals surface area contributed by atoms with Crippen LogP contribution in [-0.4, -0.2) is 62.7 Å². The predicted octanol–water partition coefficient (Wildman–Crippen LogP) is -0.917. The number of fused-ring (bicyclic) bond motifs is 1. The summed E-state index contributed by atoms with van der Waals surface area (Å²) in [5.41, 5.74) is 6.06. The molecule has 22 heavy (non-hydrogen) atoms. The number of amides is 1. The van der Waals surface area contributed by atoms with E-state index in [1.54, 1.807) is 0 Å². The van der Waals surface area contributed by atoms with Crippen molar-refractivity contribution in [3.8, 4) is 0 Å². The Bertz CT molecular complexity index is 545. The normalized spacial score (nSPS) is 25.6. The molecule has 2 saturated heterocycles. The Labute approximate surface area is 129 Å². The fraction of sp³-hybridized carbons (Fsp3) is 0.786. The highest BCUT2D eigenvalue weighted by Crippen LogP contribution is 2.17. The van der Waals surface area contributed by atoms with Gasteiger partial charge >= 0.3 is 0 Å². The van der Waals surface area contributed by atoms with Crippen LogP contribution in [0.25, 0.3) is 0 Å². The van der Waals surface area contributed by atoms with Gasteiger partial charge in [-0.05, 0) is 32.4 Å². The first-order valence-corrected chi connectivity index (χ1v) is 8.22. The summed E-state index contributed by atoms with van der Waals surface area (Å²) in [7, 11) is 0. The molecule has 2 N–H and O–H groups in total. The van der Waals surface area contributed by atoms with Crippen LogP contribution in [-0.2, 0) is 24.4 Å². The summed E-state index contributed by atoms with van der Waals surface area (Å²) in [6.07, 6.45) is 3.42. The standard InChI is InChI=1S/C14H23N7O/c22-14(11-3-4-15-16-11)20-7-8-21-12(17-18-13(21)10-20)9-19-5-1-2-6-19/h11,15-16H,1-10H2. The van der Waals surface area contributed by atoms with E-state index in [1.165, 1.54) is 12.8 Å². The topological polar surface area (TPSA) is 78.3 Å². The fourth-order valence-electron chi connectivity index (χ4n) is 3.55. The molecule has 8 nitrogen and oxygen atoms in total. The number of rotatable bonds is 3. The molecule has 0 radical (unpaired) electrons. The van der Waals surface area contributed by atoms with Crippen LogP contribution in [0.1, 0.15) is 30.9 Å². The van der Waals surface area contributed by atoms with Gasteiger partial charge in [-0.25, -0.2) is 5.43 Å². The minimum Gasteiger partial charge on any atom is -0.332 e. The third-order valence-corrected chi connectivity index (χ3v) is 4.84. The Balaban J connectivity index is 1.43. The quantitative estimate of drug-likeness (QED) is 0.752. The van der Waals surface area contributed by atoms with Gasteiger partial charge in [0.05, 0.1) is 13.1 Å². The van der Waals surface area contributed by atoms with Crippen LogP contribution in [0.15, 0.2) is 0 Å². The van der Waals surface area contributed by atoms with Crippen LogP contribution in [0, 0.1) is 0 Å². The molecule has 0 aliphatic carbocycles. The van der Waals surface area contributed by atoms with Crippen molar-refractivity contribution in [3.05, 3.63) is 11.6 Å². The lowest BCUT2D eigenvalue weighted by molar-refractivity contribution is -0.134. The van der Waals surface area contributed by atoms with E-state index in [1.807, 2.05) is 4.90 Å². The van der Waals surface area contributed by atoms with E-state index in [0.717, 1.165) is 57.3 Å². The zero-order chi connectivity index (χ0) is 14.9. The molecule has 3 aliphatic rings. The Morgan fingerprint density at radius 3 is 2.82 bits per heavy atom. The van der Waals surface area contributed by atoms with E-state index in [0.29, 0.717) is 6.54 Å². The van der Waals surface area contributed by atoms with Gasteiger partial charge in [0, 0.05) is 19.6 Å². The molecule has 1 atom stereocenters. The van der Waals surface area contributed by atoms with E-state index in [4.69, 9.17) is 0 Å². The molecule has 0 bridgehead atoms. The molecule has 0 aromatic carbocycles. The van der Waals surface area contributed by atoms with Crippen LogP contribution in [0.2, 0.25) is 0 Å². The first kappa shape index (κ1) is 14.1. The lowest BCUT2D eigenvalue weighted by Crippen LogP contribution is -2.48. The van der Waals surface area contributed by atoms with Crippen LogP contribution in [0.4, 0.5) is 0 Å². The second-order valence-corrected chi connectivity index (χ2v) is 6.34. The van der Waals surface area contributed by atoms with Crippen molar-refractivity contribution >= 4 is 5.91 Å². The molecule has 1 amide bonds. The summed E-state index contributed by atoms with van der Waals surface area (Å²) in [6, 6.07) is -0.0986. The van der Waals surface area contributed by atoms with Gasteiger partial charge in [-0.2, -0.15) is 0 Å². The highest BCUT2D eigenvalue weighted by Gasteiger charge is 2.31. The highest BCUT2D eigenvalue weighted by molar-refractivity contribution is 5.82. The van der Waals surface area contributed by atoms with E-state index in [2.05, 4.69) is 30.5 Å². The summed E-state index contributed by atoms with van der Waals surface area (Å²) in [4.78, 5) is 16.8. The van der Waals surface area contributed by atoms with Crippen LogP contribution in [0.5, 0.6) is 0 Å². The van der Waals surface area contributed by atoms with Crippen molar-refractivity contribution < 1.29 is 4.79 Å². The molecule has 0 spiro atoms. The van der Waals surface area contributed by atoms with E-state index in [-0.39, 0.29) is 11.9 Å². The SMILES string of the molecule is O=C(C1CCNN1)N1CCn2c(CN3CCCC3)nnc2C1. The highest BCUT2D eigenvalue weighted by atomic mass is 16.2. The van der Waals surface area contributed by atoms with Gasteiger partial charge in [0.1, 0.15) is 11.9 Å². The first-order chi connectivity index (χ1) is 10.8. The zero-order valence-corrected chi connectivity index (χ0v) is 12.8. The van der Waals surface area contributed by atoms with Crippen molar-refractivity contribution in [3.63, 3.8) is 0 Å². The number of likely N-dealkylation sites (tertiary alicyclic amines) is 1. The summed E-state index contributed by atoms with van der Waals surface area (Å²) < 4.78 is 2.20. The van der Waals surface area contributed by atoms with Crippen LogP contribution >= 0.6 is 0 Å². The zero-order valence-electron chi connectivity index (χ0n) is 12.8. The molecular weight excluding hydrogens is 282 g/mol. The van der Waals surface area contributed by atoms with Crippen molar-refractivity contribution in [2.24, 2.45) is 0 Å². The van der Waals surface area contributed by atoms with Gasteiger partial charge < -0.3 is 9.47 Å². The average molecular weight is 305 g/mol. The summed E-state index contributed by atoms with van der Waals surface area (Å²) >= 11 is 0. The van der Waals surface area contributed by atoms with Gasteiger partial charge in [0.25, 0.3) is 0 Å².